The average molecular weight is 388 g/mol. The first-order valence-corrected chi connectivity index (χ1v) is 9.08. The van der Waals surface area contributed by atoms with Crippen LogP contribution in [0.1, 0.15) is 48.9 Å². The molecule has 1 aliphatic rings. The van der Waals surface area contributed by atoms with Crippen molar-refractivity contribution in [2.45, 2.75) is 50.7 Å². The molecule has 8 heteroatoms. The molecule has 0 saturated heterocycles. The van der Waals surface area contributed by atoms with Gasteiger partial charge >= 0.3 is 0 Å². The van der Waals surface area contributed by atoms with Crippen molar-refractivity contribution in [3.8, 4) is 0 Å². The minimum Gasteiger partial charge on any atom is -0.382 e. The zero-order chi connectivity index (χ0) is 18.6. The fourth-order valence-electron chi connectivity index (χ4n) is 3.13. The number of hydrogen-bond acceptors (Lipinski definition) is 5. The Bertz CT molecular complexity index is 636. The van der Waals surface area contributed by atoms with Gasteiger partial charge in [-0.3, -0.25) is 9.59 Å². The van der Waals surface area contributed by atoms with Crippen LogP contribution in [0.5, 0.6) is 0 Å². The zero-order valence-electron chi connectivity index (χ0n) is 13.8. The number of rotatable bonds is 5. The smallest absolute Gasteiger partial charge is 0.274 e. The SMILES string of the molecule is N[C@H](CC1CCCCC1)C(O)C(=O)N(N)C(=O)c1ccc(Cl)c(Cl)c1. The van der Waals surface area contributed by atoms with Crippen molar-refractivity contribution in [1.82, 2.24) is 5.01 Å². The van der Waals surface area contributed by atoms with Gasteiger partial charge in [0.1, 0.15) is 6.10 Å². The van der Waals surface area contributed by atoms with Gasteiger partial charge in [0.15, 0.2) is 0 Å². The Morgan fingerprint density at radius 2 is 1.84 bits per heavy atom. The molecule has 25 heavy (non-hydrogen) atoms. The largest absolute Gasteiger partial charge is 0.382 e. The number of aliphatic hydroxyl groups is 1. The molecule has 5 N–H and O–H groups in total. The lowest BCUT2D eigenvalue weighted by Crippen LogP contribution is -2.53. The molecule has 1 saturated carbocycles. The van der Waals surface area contributed by atoms with E-state index in [1.807, 2.05) is 0 Å². The summed E-state index contributed by atoms with van der Waals surface area (Å²) < 4.78 is 0. The molecule has 1 aromatic rings. The fourth-order valence-corrected chi connectivity index (χ4v) is 3.43. The molecule has 0 radical (unpaired) electrons. The van der Waals surface area contributed by atoms with E-state index in [1.54, 1.807) is 0 Å². The Labute approximate surface area is 157 Å². The summed E-state index contributed by atoms with van der Waals surface area (Å²) >= 11 is 11.7. The number of hydrazine groups is 1. The van der Waals surface area contributed by atoms with Gasteiger partial charge in [-0.15, -0.1) is 0 Å². The molecule has 0 spiro atoms. The van der Waals surface area contributed by atoms with E-state index in [0.29, 0.717) is 17.3 Å². The van der Waals surface area contributed by atoms with Crippen LogP contribution in [0.3, 0.4) is 0 Å². The van der Waals surface area contributed by atoms with Crippen LogP contribution in [-0.4, -0.2) is 34.1 Å². The van der Waals surface area contributed by atoms with Crippen LogP contribution in [0.2, 0.25) is 10.0 Å². The number of carbonyl (C=O) groups is 2. The van der Waals surface area contributed by atoms with E-state index < -0.39 is 24.0 Å². The normalized spacial score (nSPS) is 17.8. The Morgan fingerprint density at radius 1 is 1.20 bits per heavy atom. The third-order valence-electron chi connectivity index (χ3n) is 4.61. The Kier molecular flexibility index (Phi) is 7.22. The van der Waals surface area contributed by atoms with Gasteiger partial charge in [0.25, 0.3) is 11.8 Å². The molecule has 1 fully saturated rings. The maximum atomic E-state index is 12.3. The van der Waals surface area contributed by atoms with E-state index in [2.05, 4.69) is 0 Å². The van der Waals surface area contributed by atoms with Gasteiger partial charge in [-0.1, -0.05) is 55.3 Å². The molecule has 138 valence electrons. The lowest BCUT2D eigenvalue weighted by molar-refractivity contribution is -0.138. The molecule has 0 bridgehead atoms. The molecule has 2 atom stereocenters. The number of benzene rings is 1. The van der Waals surface area contributed by atoms with E-state index in [9.17, 15) is 14.7 Å². The van der Waals surface area contributed by atoms with Gasteiger partial charge < -0.3 is 10.8 Å². The standard InChI is InChI=1S/C17H23Cl2N3O3/c18-12-7-6-11(9-13(12)19)16(24)22(21)17(25)15(23)14(20)8-10-4-2-1-3-5-10/h6-7,9-10,14-15,23H,1-5,8,20-21H2/t14-,15?/m1/s1. The number of halogens is 2. The molecular formula is C17H23Cl2N3O3. The van der Waals surface area contributed by atoms with E-state index in [0.717, 1.165) is 25.7 Å². The van der Waals surface area contributed by atoms with Crippen molar-refractivity contribution < 1.29 is 14.7 Å². The molecule has 0 heterocycles. The molecule has 2 amide bonds. The molecule has 6 nitrogen and oxygen atoms in total. The molecule has 1 aliphatic carbocycles. The lowest BCUT2D eigenvalue weighted by atomic mass is 9.84. The number of nitrogens with two attached hydrogens (primary N) is 2. The summed E-state index contributed by atoms with van der Waals surface area (Å²) in [5, 5.41) is 11.0. The topological polar surface area (TPSA) is 110 Å². The van der Waals surface area contributed by atoms with E-state index in [-0.39, 0.29) is 15.6 Å². The fraction of sp³-hybridized carbons (Fsp3) is 0.529. The number of carbonyl (C=O) groups excluding carboxylic acids is 2. The molecule has 2 rings (SSSR count). The first kappa shape index (κ1) is 20.1. The van der Waals surface area contributed by atoms with Gasteiger partial charge in [0.05, 0.1) is 10.0 Å². The quantitative estimate of drug-likeness (QED) is 0.408. The molecule has 1 unspecified atom stereocenters. The highest BCUT2D eigenvalue weighted by atomic mass is 35.5. The molecule has 0 aliphatic heterocycles. The summed E-state index contributed by atoms with van der Waals surface area (Å²) in [6.07, 6.45) is 4.58. The molecule has 1 aromatic carbocycles. The summed E-state index contributed by atoms with van der Waals surface area (Å²) in [5.74, 6) is 4.27. The summed E-state index contributed by atoms with van der Waals surface area (Å²) in [6, 6.07) is 3.38. The highest BCUT2D eigenvalue weighted by Gasteiger charge is 2.32. The van der Waals surface area contributed by atoms with Crippen molar-refractivity contribution in [3.63, 3.8) is 0 Å². The highest BCUT2D eigenvalue weighted by molar-refractivity contribution is 6.42. The van der Waals surface area contributed by atoms with Gasteiger partial charge in [0, 0.05) is 11.6 Å². The number of hydrogen-bond donors (Lipinski definition) is 3. The lowest BCUT2D eigenvalue weighted by Gasteiger charge is -2.28. The number of aliphatic hydroxyl groups excluding tert-OH is 1. The van der Waals surface area contributed by atoms with Gasteiger partial charge in [-0.2, -0.15) is 0 Å². The van der Waals surface area contributed by atoms with Crippen molar-refractivity contribution in [3.05, 3.63) is 33.8 Å². The minimum atomic E-state index is -1.53. The first-order chi connectivity index (χ1) is 11.8. The summed E-state index contributed by atoms with van der Waals surface area (Å²) in [7, 11) is 0. The van der Waals surface area contributed by atoms with Crippen LogP contribution < -0.4 is 11.6 Å². The molecule has 0 aromatic heterocycles. The second-order valence-electron chi connectivity index (χ2n) is 6.49. The van der Waals surface area contributed by atoms with Gasteiger partial charge in [-0.25, -0.2) is 10.9 Å². The summed E-state index contributed by atoms with van der Waals surface area (Å²) in [5.41, 5.74) is 6.06. The Morgan fingerprint density at radius 3 is 2.44 bits per heavy atom. The van der Waals surface area contributed by atoms with E-state index >= 15 is 0 Å². The van der Waals surface area contributed by atoms with Crippen LogP contribution in [-0.2, 0) is 4.79 Å². The second kappa shape index (κ2) is 8.96. The number of amides is 2. The van der Waals surface area contributed by atoms with Crippen LogP contribution in [0, 0.1) is 5.92 Å². The predicted octanol–water partition coefficient (Wildman–Crippen LogP) is 2.49. The van der Waals surface area contributed by atoms with Crippen molar-refractivity contribution >= 4 is 35.0 Å². The van der Waals surface area contributed by atoms with Gasteiger partial charge in [-0.05, 0) is 30.5 Å². The van der Waals surface area contributed by atoms with Crippen LogP contribution >= 0.6 is 23.2 Å². The first-order valence-electron chi connectivity index (χ1n) is 8.33. The van der Waals surface area contributed by atoms with Crippen LogP contribution in [0.15, 0.2) is 18.2 Å². The number of imide groups is 1. The van der Waals surface area contributed by atoms with Crippen LogP contribution in [0.25, 0.3) is 0 Å². The van der Waals surface area contributed by atoms with Crippen molar-refractivity contribution in [2.75, 3.05) is 0 Å². The maximum Gasteiger partial charge on any atom is 0.274 e. The monoisotopic (exact) mass is 387 g/mol. The minimum absolute atomic E-state index is 0.0956. The second-order valence-corrected chi connectivity index (χ2v) is 7.31. The third kappa shape index (κ3) is 5.15. The van der Waals surface area contributed by atoms with Gasteiger partial charge in [0.2, 0.25) is 0 Å². The summed E-state index contributed by atoms with van der Waals surface area (Å²) in [4.78, 5) is 24.6. The number of nitrogens with zero attached hydrogens (tertiary/aromatic N) is 1. The predicted molar refractivity (Wildman–Crippen MR) is 97.0 cm³/mol. The maximum absolute atomic E-state index is 12.3. The van der Waals surface area contributed by atoms with Crippen molar-refractivity contribution in [1.29, 1.82) is 0 Å². The van der Waals surface area contributed by atoms with E-state index in [4.69, 9.17) is 34.8 Å². The van der Waals surface area contributed by atoms with E-state index in [1.165, 1.54) is 24.6 Å². The Balaban J connectivity index is 1.99. The highest BCUT2D eigenvalue weighted by Crippen LogP contribution is 2.28. The summed E-state index contributed by atoms with van der Waals surface area (Å²) in [6.45, 7) is 0. The average Bonchev–Trinajstić information content (AvgIpc) is 2.62. The van der Waals surface area contributed by atoms with Crippen molar-refractivity contribution in [2.24, 2.45) is 17.5 Å². The third-order valence-corrected chi connectivity index (χ3v) is 5.35. The Hall–Kier alpha value is -1.18. The van der Waals surface area contributed by atoms with Crippen LogP contribution in [0.4, 0.5) is 0 Å². The molecular weight excluding hydrogens is 365 g/mol. The zero-order valence-corrected chi connectivity index (χ0v) is 15.3.